The van der Waals surface area contributed by atoms with E-state index in [1.165, 1.54) is 0 Å². The van der Waals surface area contributed by atoms with Crippen molar-refractivity contribution < 1.29 is 9.53 Å². The molecule has 19 heavy (non-hydrogen) atoms. The van der Waals surface area contributed by atoms with Crippen molar-refractivity contribution in [2.75, 3.05) is 18.4 Å². The number of anilines is 1. The van der Waals surface area contributed by atoms with Crippen molar-refractivity contribution >= 4 is 43.6 Å². The molecule has 1 aromatic carbocycles. The van der Waals surface area contributed by atoms with Crippen LogP contribution in [0.5, 0.6) is 0 Å². The molecule has 0 unspecified atom stereocenters. The molecule has 0 aliphatic carbocycles. The number of nitrogens with one attached hydrogen (secondary N) is 2. The number of hydrogen-bond acceptors (Lipinski definition) is 3. The predicted octanol–water partition coefficient (Wildman–Crippen LogP) is 4.15. The smallest absolute Gasteiger partial charge is 0.407 e. The Morgan fingerprint density at radius 2 is 1.79 bits per heavy atom. The molecule has 0 aliphatic rings. The van der Waals surface area contributed by atoms with Gasteiger partial charge in [-0.1, -0.05) is 6.07 Å². The highest BCUT2D eigenvalue weighted by atomic mass is 79.9. The second kappa shape index (κ2) is 7.14. The fourth-order valence-corrected chi connectivity index (χ4v) is 2.61. The summed E-state index contributed by atoms with van der Waals surface area (Å²) in [6.07, 6.45) is -0.402. The molecule has 0 fully saturated rings. The van der Waals surface area contributed by atoms with Crippen molar-refractivity contribution in [1.82, 2.24) is 5.32 Å². The van der Waals surface area contributed by atoms with Crippen LogP contribution in [0.4, 0.5) is 10.5 Å². The Bertz CT molecular complexity index is 425. The number of amides is 1. The highest BCUT2D eigenvalue weighted by Gasteiger charge is 2.15. The molecule has 0 aromatic heterocycles. The number of carbonyl (C=O) groups excluding carboxylic acids is 1. The average molecular weight is 394 g/mol. The molecule has 0 saturated heterocycles. The van der Waals surface area contributed by atoms with Gasteiger partial charge in [-0.25, -0.2) is 4.79 Å². The number of para-hydroxylation sites is 1. The fraction of sp³-hybridized carbons (Fsp3) is 0.462. The first-order valence-corrected chi connectivity index (χ1v) is 7.53. The summed E-state index contributed by atoms with van der Waals surface area (Å²) < 4.78 is 7.08. The lowest BCUT2D eigenvalue weighted by Gasteiger charge is -2.19. The highest BCUT2D eigenvalue weighted by Crippen LogP contribution is 2.30. The van der Waals surface area contributed by atoms with Crippen LogP contribution in [-0.4, -0.2) is 24.8 Å². The summed E-state index contributed by atoms with van der Waals surface area (Å²) in [6, 6.07) is 5.85. The van der Waals surface area contributed by atoms with Gasteiger partial charge in [0.1, 0.15) is 5.60 Å². The maximum atomic E-state index is 11.4. The van der Waals surface area contributed by atoms with E-state index in [9.17, 15) is 4.79 Å². The third-order valence-corrected chi connectivity index (χ3v) is 3.38. The molecule has 6 heteroatoms. The molecule has 0 saturated carbocycles. The van der Waals surface area contributed by atoms with Gasteiger partial charge in [0, 0.05) is 22.0 Å². The molecule has 0 radical (unpaired) electrons. The van der Waals surface area contributed by atoms with E-state index in [1.807, 2.05) is 39.0 Å². The van der Waals surface area contributed by atoms with E-state index in [-0.39, 0.29) is 0 Å². The van der Waals surface area contributed by atoms with Crippen LogP contribution in [0, 0.1) is 0 Å². The van der Waals surface area contributed by atoms with Crippen molar-refractivity contribution in [3.05, 3.63) is 27.1 Å². The second-order valence-corrected chi connectivity index (χ2v) is 6.66. The molecule has 1 amide bonds. The van der Waals surface area contributed by atoms with Gasteiger partial charge in [0.2, 0.25) is 0 Å². The lowest BCUT2D eigenvalue weighted by atomic mass is 10.2. The topological polar surface area (TPSA) is 50.4 Å². The number of rotatable bonds is 4. The predicted molar refractivity (Wildman–Crippen MR) is 84.6 cm³/mol. The van der Waals surface area contributed by atoms with Crippen LogP contribution in [0.15, 0.2) is 27.1 Å². The molecule has 0 aliphatic heterocycles. The SMILES string of the molecule is CC(C)(C)OC(=O)NCCNc1c(Br)cccc1Br. The van der Waals surface area contributed by atoms with Crippen molar-refractivity contribution in [1.29, 1.82) is 0 Å². The molecule has 106 valence electrons. The molecule has 0 heterocycles. The van der Waals surface area contributed by atoms with E-state index in [2.05, 4.69) is 42.5 Å². The number of benzene rings is 1. The van der Waals surface area contributed by atoms with E-state index in [1.54, 1.807) is 0 Å². The van der Waals surface area contributed by atoms with Crippen molar-refractivity contribution in [3.63, 3.8) is 0 Å². The quantitative estimate of drug-likeness (QED) is 0.755. The van der Waals surface area contributed by atoms with Crippen LogP contribution in [0.2, 0.25) is 0 Å². The first-order chi connectivity index (χ1) is 8.79. The summed E-state index contributed by atoms with van der Waals surface area (Å²) in [5.74, 6) is 0. The normalized spacial score (nSPS) is 11.0. The molecule has 2 N–H and O–H groups in total. The molecule has 1 rings (SSSR count). The van der Waals surface area contributed by atoms with Gasteiger partial charge in [-0.3, -0.25) is 0 Å². The summed E-state index contributed by atoms with van der Waals surface area (Å²) >= 11 is 6.93. The van der Waals surface area contributed by atoms with E-state index in [4.69, 9.17) is 4.74 Å². The van der Waals surface area contributed by atoms with Crippen LogP contribution >= 0.6 is 31.9 Å². The summed E-state index contributed by atoms with van der Waals surface area (Å²) in [5, 5.41) is 5.93. The summed E-state index contributed by atoms with van der Waals surface area (Å²) in [7, 11) is 0. The summed E-state index contributed by atoms with van der Waals surface area (Å²) in [4.78, 5) is 11.4. The average Bonchev–Trinajstić information content (AvgIpc) is 2.25. The largest absolute Gasteiger partial charge is 0.444 e. The van der Waals surface area contributed by atoms with Gasteiger partial charge in [-0.2, -0.15) is 0 Å². The van der Waals surface area contributed by atoms with E-state index < -0.39 is 11.7 Å². The van der Waals surface area contributed by atoms with E-state index >= 15 is 0 Å². The van der Waals surface area contributed by atoms with Gasteiger partial charge in [0.05, 0.1) is 5.69 Å². The van der Waals surface area contributed by atoms with Gasteiger partial charge in [0.25, 0.3) is 0 Å². The fourth-order valence-electron chi connectivity index (χ4n) is 1.33. The minimum absolute atomic E-state index is 0.402. The minimum atomic E-state index is -0.469. The van der Waals surface area contributed by atoms with Crippen molar-refractivity contribution in [3.8, 4) is 0 Å². The summed E-state index contributed by atoms with van der Waals surface area (Å²) in [6.45, 7) is 6.61. The van der Waals surface area contributed by atoms with Crippen LogP contribution in [-0.2, 0) is 4.74 Å². The van der Waals surface area contributed by atoms with Gasteiger partial charge in [-0.15, -0.1) is 0 Å². The molecule has 0 bridgehead atoms. The van der Waals surface area contributed by atoms with Crippen LogP contribution in [0.1, 0.15) is 20.8 Å². The third-order valence-electron chi connectivity index (χ3n) is 2.06. The molecule has 1 aromatic rings. The number of ether oxygens (including phenoxy) is 1. The van der Waals surface area contributed by atoms with Crippen LogP contribution in [0.3, 0.4) is 0 Å². The van der Waals surface area contributed by atoms with Gasteiger partial charge >= 0.3 is 6.09 Å². The maximum absolute atomic E-state index is 11.4. The molecule has 4 nitrogen and oxygen atoms in total. The van der Waals surface area contributed by atoms with Crippen molar-refractivity contribution in [2.45, 2.75) is 26.4 Å². The Kier molecular flexibility index (Phi) is 6.13. The third kappa shape index (κ3) is 6.29. The zero-order valence-corrected chi connectivity index (χ0v) is 14.4. The molecule has 0 atom stereocenters. The lowest BCUT2D eigenvalue weighted by Crippen LogP contribution is -2.35. The van der Waals surface area contributed by atoms with Crippen molar-refractivity contribution in [2.24, 2.45) is 0 Å². The van der Waals surface area contributed by atoms with Crippen LogP contribution < -0.4 is 10.6 Å². The zero-order valence-electron chi connectivity index (χ0n) is 11.2. The maximum Gasteiger partial charge on any atom is 0.407 e. The molecular formula is C13H18Br2N2O2. The first-order valence-electron chi connectivity index (χ1n) is 5.94. The Morgan fingerprint density at radius 1 is 1.21 bits per heavy atom. The standard InChI is InChI=1S/C13H18Br2N2O2/c1-13(2,3)19-12(18)17-8-7-16-11-9(14)5-4-6-10(11)15/h4-6,16H,7-8H2,1-3H3,(H,17,18). The number of carbonyl (C=O) groups is 1. The van der Waals surface area contributed by atoms with E-state index in [0.29, 0.717) is 13.1 Å². The second-order valence-electron chi connectivity index (χ2n) is 4.95. The monoisotopic (exact) mass is 392 g/mol. The number of halogens is 2. The summed E-state index contributed by atoms with van der Waals surface area (Å²) in [5.41, 5.74) is 0.497. The molecular weight excluding hydrogens is 376 g/mol. The van der Waals surface area contributed by atoms with Gasteiger partial charge in [0.15, 0.2) is 0 Å². The highest BCUT2D eigenvalue weighted by molar-refractivity contribution is 9.11. The first kappa shape index (κ1) is 16.3. The number of alkyl carbamates (subject to hydrolysis) is 1. The Labute approximate surface area is 130 Å². The lowest BCUT2D eigenvalue weighted by molar-refractivity contribution is 0.0530. The Hall–Kier alpha value is -0.750. The molecule has 0 spiro atoms. The van der Waals surface area contributed by atoms with Gasteiger partial charge in [-0.05, 0) is 64.8 Å². The number of hydrogen-bond donors (Lipinski definition) is 2. The Morgan fingerprint density at radius 3 is 2.32 bits per heavy atom. The Balaban J connectivity index is 2.34. The van der Waals surface area contributed by atoms with Crippen LogP contribution in [0.25, 0.3) is 0 Å². The minimum Gasteiger partial charge on any atom is -0.444 e. The zero-order chi connectivity index (χ0) is 14.5. The van der Waals surface area contributed by atoms with Gasteiger partial charge < -0.3 is 15.4 Å². The van der Waals surface area contributed by atoms with E-state index in [0.717, 1.165) is 14.6 Å².